The molecule has 2 aromatic rings. The highest BCUT2D eigenvalue weighted by molar-refractivity contribution is 7.88. The number of rotatable bonds is 7. The number of amides is 1. The Bertz CT molecular complexity index is 1070. The summed E-state index contributed by atoms with van der Waals surface area (Å²) < 4.78 is 35.6. The zero-order valence-corrected chi connectivity index (χ0v) is 17.9. The summed E-state index contributed by atoms with van der Waals surface area (Å²) in [6, 6.07) is 10.6. The second-order valence-electron chi connectivity index (χ2n) is 7.20. The van der Waals surface area contributed by atoms with Gasteiger partial charge in [0.25, 0.3) is 5.69 Å². The number of non-ortho nitro benzene ring substituents is 1. The van der Waals surface area contributed by atoms with Crippen LogP contribution in [0.25, 0.3) is 0 Å². The molecule has 11 heteroatoms. The summed E-state index contributed by atoms with van der Waals surface area (Å²) in [5.41, 5.74) is -0.0538. The zero-order valence-electron chi connectivity index (χ0n) is 17.1. The highest BCUT2D eigenvalue weighted by Gasteiger charge is 2.30. The zero-order chi connectivity index (χ0) is 22.6. The van der Waals surface area contributed by atoms with Crippen LogP contribution in [0, 0.1) is 16.0 Å². The first-order valence-electron chi connectivity index (χ1n) is 9.53. The number of methoxy groups -OCH3 is 1. The molecule has 166 valence electrons. The molecule has 0 aromatic heterocycles. The molecule has 0 radical (unpaired) electrons. The average Bonchev–Trinajstić information content (AvgIpc) is 2.73. The Balaban J connectivity index is 1.78. The lowest BCUT2D eigenvalue weighted by Gasteiger charge is -2.30. The molecule has 0 bridgehead atoms. The number of nitrogens with zero attached hydrogens (tertiary/aromatic N) is 2. The number of piperidine rings is 1. The van der Waals surface area contributed by atoms with Crippen molar-refractivity contribution < 1.29 is 27.6 Å². The third-order valence-corrected chi connectivity index (χ3v) is 6.16. The molecule has 1 atom stereocenters. The Morgan fingerprint density at radius 2 is 1.84 bits per heavy atom. The quantitative estimate of drug-likeness (QED) is 0.508. The molecule has 1 amide bonds. The molecule has 3 rings (SSSR count). The Labute approximate surface area is 180 Å². The Hall–Kier alpha value is -3.18. The molecule has 10 nitrogen and oxygen atoms in total. The van der Waals surface area contributed by atoms with Crippen LogP contribution < -0.4 is 14.8 Å². The van der Waals surface area contributed by atoms with Crippen LogP contribution in [-0.4, -0.2) is 50.0 Å². The van der Waals surface area contributed by atoms with E-state index in [1.807, 2.05) is 0 Å². The number of benzene rings is 2. The Morgan fingerprint density at radius 3 is 2.45 bits per heavy atom. The van der Waals surface area contributed by atoms with Crippen molar-refractivity contribution in [3.05, 3.63) is 52.6 Å². The van der Waals surface area contributed by atoms with Crippen molar-refractivity contribution in [1.29, 1.82) is 0 Å². The van der Waals surface area contributed by atoms with Crippen LogP contribution in [0.2, 0.25) is 0 Å². The average molecular weight is 449 g/mol. The minimum Gasteiger partial charge on any atom is -0.497 e. The molecular formula is C20H23N3O7S. The van der Waals surface area contributed by atoms with Crippen LogP contribution in [0.15, 0.2) is 42.5 Å². The molecule has 1 heterocycles. The van der Waals surface area contributed by atoms with E-state index in [0.717, 1.165) is 6.26 Å². The van der Waals surface area contributed by atoms with Crippen molar-refractivity contribution in [3.63, 3.8) is 0 Å². The molecule has 0 aliphatic carbocycles. The topological polar surface area (TPSA) is 128 Å². The van der Waals surface area contributed by atoms with E-state index in [4.69, 9.17) is 9.47 Å². The summed E-state index contributed by atoms with van der Waals surface area (Å²) in [5.74, 6) is 0.304. The first kappa shape index (κ1) is 22.5. The summed E-state index contributed by atoms with van der Waals surface area (Å²) in [6.07, 6.45) is 2.20. The summed E-state index contributed by atoms with van der Waals surface area (Å²) >= 11 is 0. The van der Waals surface area contributed by atoms with Crippen molar-refractivity contribution in [1.82, 2.24) is 4.31 Å². The van der Waals surface area contributed by atoms with E-state index < -0.39 is 26.8 Å². The van der Waals surface area contributed by atoms with Crippen molar-refractivity contribution in [2.45, 2.75) is 12.8 Å². The smallest absolute Gasteiger partial charge is 0.275 e. The molecule has 1 aliphatic rings. The van der Waals surface area contributed by atoms with E-state index in [1.54, 1.807) is 24.3 Å². The second-order valence-corrected chi connectivity index (χ2v) is 9.18. The van der Waals surface area contributed by atoms with Gasteiger partial charge < -0.3 is 14.8 Å². The molecule has 0 saturated carbocycles. The van der Waals surface area contributed by atoms with Crippen LogP contribution in [0.4, 0.5) is 11.4 Å². The number of sulfonamides is 1. The largest absolute Gasteiger partial charge is 0.497 e. The third kappa shape index (κ3) is 5.92. The molecule has 0 unspecified atom stereocenters. The van der Waals surface area contributed by atoms with Crippen molar-refractivity contribution in [3.8, 4) is 17.2 Å². The van der Waals surface area contributed by atoms with Gasteiger partial charge in [0.05, 0.1) is 36.0 Å². The van der Waals surface area contributed by atoms with E-state index in [0.29, 0.717) is 30.9 Å². The number of hydrogen-bond acceptors (Lipinski definition) is 7. The fourth-order valence-corrected chi connectivity index (χ4v) is 4.21. The van der Waals surface area contributed by atoms with Gasteiger partial charge in [-0.05, 0) is 37.1 Å². The fourth-order valence-electron chi connectivity index (χ4n) is 3.30. The van der Waals surface area contributed by atoms with Crippen molar-refractivity contribution in [2.24, 2.45) is 5.92 Å². The second kappa shape index (κ2) is 9.31. The molecule has 1 N–H and O–H groups in total. The fraction of sp³-hybridized carbons (Fsp3) is 0.350. The number of carbonyl (C=O) groups is 1. The van der Waals surface area contributed by atoms with Gasteiger partial charge in [-0.15, -0.1) is 0 Å². The molecule has 1 aliphatic heterocycles. The maximum absolute atomic E-state index is 12.7. The number of nitrogens with one attached hydrogen (secondary N) is 1. The van der Waals surface area contributed by atoms with Crippen molar-refractivity contribution in [2.75, 3.05) is 31.8 Å². The van der Waals surface area contributed by atoms with E-state index in [1.165, 1.54) is 29.6 Å². The first-order chi connectivity index (χ1) is 14.7. The van der Waals surface area contributed by atoms with E-state index in [-0.39, 0.29) is 23.7 Å². The SMILES string of the molecule is COc1ccc(Oc2cc(NC(=O)[C@@H]3CCCN(S(C)(=O)=O)C3)cc([N+](=O)[O-])c2)cc1. The molecule has 0 spiro atoms. The monoisotopic (exact) mass is 449 g/mol. The molecular weight excluding hydrogens is 426 g/mol. The van der Waals surface area contributed by atoms with Gasteiger partial charge in [0.1, 0.15) is 17.2 Å². The van der Waals surface area contributed by atoms with Crippen LogP contribution in [0.1, 0.15) is 12.8 Å². The van der Waals surface area contributed by atoms with Gasteiger partial charge in [-0.2, -0.15) is 0 Å². The standard InChI is InChI=1S/C20H23N3O7S/c1-29-17-5-7-18(8-6-17)30-19-11-15(10-16(12-19)23(25)26)21-20(24)14-4-3-9-22(13-14)31(2,27)28/h5-8,10-12,14H,3-4,9,13H2,1-2H3,(H,21,24)/t14-/m1/s1. The van der Waals surface area contributed by atoms with E-state index in [2.05, 4.69) is 5.32 Å². The van der Waals surface area contributed by atoms with Gasteiger partial charge in [-0.3, -0.25) is 14.9 Å². The number of hydrogen-bond donors (Lipinski definition) is 1. The number of nitro groups is 1. The molecule has 31 heavy (non-hydrogen) atoms. The minimum atomic E-state index is -3.39. The highest BCUT2D eigenvalue weighted by atomic mass is 32.2. The normalized spacial score (nSPS) is 17.0. The Kier molecular flexibility index (Phi) is 6.76. The molecule has 2 aromatic carbocycles. The highest BCUT2D eigenvalue weighted by Crippen LogP contribution is 2.31. The third-order valence-electron chi connectivity index (χ3n) is 4.89. The van der Waals surface area contributed by atoms with Crippen LogP contribution in [0.3, 0.4) is 0 Å². The van der Waals surface area contributed by atoms with Gasteiger partial charge in [-0.25, -0.2) is 12.7 Å². The Morgan fingerprint density at radius 1 is 1.16 bits per heavy atom. The van der Waals surface area contributed by atoms with E-state index in [9.17, 15) is 23.3 Å². The van der Waals surface area contributed by atoms with Crippen LogP contribution in [0.5, 0.6) is 17.2 Å². The number of ether oxygens (including phenoxy) is 2. The predicted octanol–water partition coefficient (Wildman–Crippen LogP) is 3.01. The summed E-state index contributed by atoms with van der Waals surface area (Å²) in [4.78, 5) is 23.5. The number of carbonyl (C=O) groups excluding carboxylic acids is 1. The maximum atomic E-state index is 12.7. The molecule has 1 fully saturated rings. The number of nitro benzene ring substituents is 1. The van der Waals surface area contributed by atoms with Crippen molar-refractivity contribution >= 4 is 27.3 Å². The van der Waals surface area contributed by atoms with Gasteiger partial charge in [0.15, 0.2) is 0 Å². The summed E-state index contributed by atoms with van der Waals surface area (Å²) in [7, 11) is -1.86. The van der Waals surface area contributed by atoms with Gasteiger partial charge in [-0.1, -0.05) is 0 Å². The lowest BCUT2D eigenvalue weighted by atomic mass is 9.98. The van der Waals surface area contributed by atoms with Gasteiger partial charge >= 0.3 is 0 Å². The summed E-state index contributed by atoms with van der Waals surface area (Å²) in [5, 5.41) is 14.0. The lowest BCUT2D eigenvalue weighted by molar-refractivity contribution is -0.384. The van der Waals surface area contributed by atoms with E-state index >= 15 is 0 Å². The van der Waals surface area contributed by atoms with Gasteiger partial charge in [0, 0.05) is 25.2 Å². The minimum absolute atomic E-state index is 0.0782. The van der Waals surface area contributed by atoms with Gasteiger partial charge in [0.2, 0.25) is 15.9 Å². The predicted molar refractivity (Wildman–Crippen MR) is 114 cm³/mol. The number of anilines is 1. The summed E-state index contributed by atoms with van der Waals surface area (Å²) in [6.45, 7) is 0.452. The maximum Gasteiger partial charge on any atom is 0.275 e. The van der Waals surface area contributed by atoms with Crippen LogP contribution in [-0.2, 0) is 14.8 Å². The molecule has 1 saturated heterocycles. The van der Waals surface area contributed by atoms with Crippen LogP contribution >= 0.6 is 0 Å². The first-order valence-corrected chi connectivity index (χ1v) is 11.4. The lowest BCUT2D eigenvalue weighted by Crippen LogP contribution is -2.43.